The van der Waals surface area contributed by atoms with Gasteiger partial charge in [-0.25, -0.2) is 19.0 Å². The molecule has 0 saturated carbocycles. The summed E-state index contributed by atoms with van der Waals surface area (Å²) in [6.45, 7) is 30.6. The topological polar surface area (TPSA) is 276 Å². The third kappa shape index (κ3) is 26.7. The number of aliphatic hydroxyl groups is 1. The summed E-state index contributed by atoms with van der Waals surface area (Å²) in [5.74, 6) is 3.71. The molecule has 7 aromatic carbocycles. The predicted molar refractivity (Wildman–Crippen MR) is 588 cm³/mol. The van der Waals surface area contributed by atoms with Crippen LogP contribution in [0.2, 0.25) is 0 Å². The van der Waals surface area contributed by atoms with Gasteiger partial charge >= 0.3 is 0 Å². The zero-order chi connectivity index (χ0) is 102. The van der Waals surface area contributed by atoms with Crippen molar-refractivity contribution in [3.63, 3.8) is 0 Å². The Labute approximate surface area is 868 Å². The van der Waals surface area contributed by atoms with E-state index in [0.29, 0.717) is 44.2 Å². The number of para-hydroxylation sites is 3. The molecule has 29 nitrogen and oxygen atoms in total. The lowest BCUT2D eigenvalue weighted by molar-refractivity contribution is -0.122. The lowest BCUT2D eigenvalue weighted by Gasteiger charge is -2.33. The van der Waals surface area contributed by atoms with Crippen LogP contribution < -0.4 is 44.4 Å². The number of amides is 2. The first-order chi connectivity index (χ1) is 71.7. The molecular formula is C117H143N21O8S. The van der Waals surface area contributed by atoms with Crippen LogP contribution in [-0.2, 0) is 19.1 Å². The summed E-state index contributed by atoms with van der Waals surface area (Å²) < 4.78 is 28.6. The van der Waals surface area contributed by atoms with Gasteiger partial charge in [-0.1, -0.05) is 99.6 Å². The van der Waals surface area contributed by atoms with E-state index in [1.54, 1.807) is 46.5 Å². The van der Waals surface area contributed by atoms with Crippen molar-refractivity contribution in [3.05, 3.63) is 289 Å². The second kappa shape index (κ2) is 50.7. The fraction of sp³-hybridized carbons (Fsp3) is 0.410. The third-order valence-electron chi connectivity index (χ3n) is 28.7. The fourth-order valence-corrected chi connectivity index (χ4v) is 22.2. The first-order valence-electron chi connectivity index (χ1n) is 52.4. The molecule has 5 saturated heterocycles. The molecule has 5 atom stereocenters. The molecule has 770 valence electrons. The Bertz CT molecular complexity index is 6790. The summed E-state index contributed by atoms with van der Waals surface area (Å²) in [7, 11) is 5.19. The van der Waals surface area contributed by atoms with Gasteiger partial charge < -0.3 is 54.3 Å². The summed E-state index contributed by atoms with van der Waals surface area (Å²) in [4.78, 5) is 80.2. The van der Waals surface area contributed by atoms with Crippen LogP contribution >= 0.6 is 11.3 Å². The average Bonchev–Trinajstić information content (AvgIpc) is 1.76. The number of thiazole rings is 1. The minimum absolute atomic E-state index is 0.00819. The Hall–Kier alpha value is -13.6. The molecule has 2 amide bonds. The largest absolute Gasteiger partial charge is 0.496 e. The van der Waals surface area contributed by atoms with E-state index in [4.69, 9.17) is 59.2 Å². The molecule has 5 aliphatic heterocycles. The number of carbonyl (C=O) groups excluding carboxylic acids is 3. The molecule has 0 radical (unpaired) electrons. The van der Waals surface area contributed by atoms with Crippen LogP contribution in [0.3, 0.4) is 0 Å². The summed E-state index contributed by atoms with van der Waals surface area (Å²) in [6.07, 6.45) is 22.9. The van der Waals surface area contributed by atoms with E-state index in [9.17, 15) is 19.5 Å². The number of morpholine rings is 1. The number of aromatic nitrogens is 11. The number of anilines is 4. The van der Waals surface area contributed by atoms with Crippen LogP contribution in [0.15, 0.2) is 255 Å². The van der Waals surface area contributed by atoms with E-state index in [1.165, 1.54) is 22.2 Å². The number of ether oxygens (including phenoxy) is 4. The van der Waals surface area contributed by atoms with Crippen molar-refractivity contribution in [3.8, 4) is 34.3 Å². The number of fused-ring (bicyclic) bond motifs is 4. The highest BCUT2D eigenvalue weighted by atomic mass is 32.1. The molecule has 5 aliphatic rings. The van der Waals surface area contributed by atoms with Gasteiger partial charge in [-0.05, 0) is 236 Å². The Kier molecular flexibility index (Phi) is 36.1. The minimum Gasteiger partial charge on any atom is -0.496 e. The number of benzene rings is 7. The first-order valence-corrected chi connectivity index (χ1v) is 53.3. The number of nitrogens with zero attached hydrogens (tertiary/aromatic N) is 19. The third-order valence-corrected chi connectivity index (χ3v) is 29.6. The van der Waals surface area contributed by atoms with Gasteiger partial charge in [-0.2, -0.15) is 15.3 Å². The second-order valence-corrected chi connectivity index (χ2v) is 40.6. The molecule has 3 N–H and O–H groups in total. The highest BCUT2D eigenvalue weighted by molar-refractivity contribution is 7.13. The molecule has 8 aromatic heterocycles. The molecule has 15 aromatic rings. The normalized spacial score (nSPS) is 16.8. The maximum atomic E-state index is 12.9. The standard InChI is InChI=1S/C30H35N5O.C30H36N4O2.C29H34N6O2.C28H38N6O3S/c1-22(2)25-20-24-9-7-13-31-30(24)29(21-25)34-15-8-14-33(17-18-34)28(19-23(3)36)27-12-16-35(32-27)26-10-5-4-6-11-26;1-30(2,35)21-26(25-16-20-34(32-25)24-11-5-4-6-12-24)33-18-8-10-22(15-19-33)28-27(36-3)14-13-23-9-7-17-31-29(23)28;1-22(36)30-16-13-26(25-14-19-35(32-25)24-9-4-3-5-10-24)33-17-7-18-34(21-20-33)29-27(37-2)12-11-23-8-6-15-31-28(23)29;1-3-9-29-25(35)19-23(22-20-38-28(31-22)34-15-17-37-18-16-34)32-11-5-12-33(14-13-32)27-24(36-2)8-7-21-6-4-10-30-26(21)27/h4-7,9-13,16,20-22,28H,8,14-15,17-19H2,1-3H3;4-7,9,11-14,16-17,20,22,26,35H,8,10,15,18-19,21H2,1-3H3;3-6,8-12,14-15,19,26H,7,13,16-18,20-21H2,1-2H3,(H,30,36);4,6-8,10,20,23H,3,5,9,11-19H2,1-2H3,(H,29,35). The van der Waals surface area contributed by atoms with Gasteiger partial charge in [0.05, 0.1) is 132 Å². The van der Waals surface area contributed by atoms with Crippen molar-refractivity contribution >= 4 is 94.7 Å². The first kappa shape index (κ1) is 105. The van der Waals surface area contributed by atoms with Crippen LogP contribution in [-0.4, -0.2) is 255 Å². The zero-order valence-corrected chi connectivity index (χ0v) is 87.7. The van der Waals surface area contributed by atoms with E-state index >= 15 is 0 Å². The zero-order valence-electron chi connectivity index (χ0n) is 86.8. The average molecular weight is 2000 g/mol. The number of rotatable bonds is 31. The quantitative estimate of drug-likeness (QED) is 0.0364. The molecule has 0 aliphatic carbocycles. The van der Waals surface area contributed by atoms with Crippen molar-refractivity contribution < 1.29 is 38.4 Å². The molecule has 30 heteroatoms. The molecular weight excluding hydrogens is 1860 g/mol. The Morgan fingerprint density at radius 3 is 1.42 bits per heavy atom. The van der Waals surface area contributed by atoms with Crippen molar-refractivity contribution in [1.82, 2.24) is 84.5 Å². The Balaban J connectivity index is 0.000000134. The fourth-order valence-electron chi connectivity index (χ4n) is 21.3. The van der Waals surface area contributed by atoms with Crippen molar-refractivity contribution in [2.75, 3.05) is 172 Å². The van der Waals surface area contributed by atoms with Gasteiger partial charge in [0.25, 0.3) is 0 Å². The van der Waals surface area contributed by atoms with Gasteiger partial charge in [-0.3, -0.25) is 53.9 Å². The number of methoxy groups -OCH3 is 3. The minimum atomic E-state index is -0.796. The van der Waals surface area contributed by atoms with Crippen LogP contribution in [0.25, 0.3) is 60.7 Å². The van der Waals surface area contributed by atoms with Crippen LogP contribution in [0, 0.1) is 0 Å². The Morgan fingerprint density at radius 2 is 0.912 bits per heavy atom. The van der Waals surface area contributed by atoms with Gasteiger partial charge in [0.2, 0.25) is 11.8 Å². The summed E-state index contributed by atoms with van der Waals surface area (Å²) in [5.41, 5.74) is 16.2. The lowest BCUT2D eigenvalue weighted by Crippen LogP contribution is -2.38. The number of nitrogens with one attached hydrogen (secondary N) is 2. The monoisotopic (exact) mass is 2000 g/mol. The smallest absolute Gasteiger partial charge is 0.221 e. The van der Waals surface area contributed by atoms with Gasteiger partial charge in [-0.15, -0.1) is 11.3 Å². The van der Waals surface area contributed by atoms with E-state index in [-0.39, 0.29) is 41.8 Å². The van der Waals surface area contributed by atoms with E-state index in [1.807, 2.05) is 174 Å². The Morgan fingerprint density at radius 1 is 0.449 bits per heavy atom. The second-order valence-electron chi connectivity index (χ2n) is 39.7. The van der Waals surface area contributed by atoms with Gasteiger partial charge in [0, 0.05) is 200 Å². The number of hydrogen-bond acceptors (Lipinski definition) is 25. The highest BCUT2D eigenvalue weighted by Crippen LogP contribution is 2.44. The predicted octanol–water partition coefficient (Wildman–Crippen LogP) is 19.6. The SMILES string of the molecule is CC(=O)CC(c1ccn(-c2ccccc2)n1)N1CCCN(c2cc(C(C)C)cc3cccnc23)CC1.CCCNC(=O)CC(c1csc(N2CCOCC2)n1)N1CCCN(c2c(OC)ccc3cccnc23)CC1.COc1ccc2cccnc2c1C1CCCN(C(CC(C)(C)O)c2ccn(-c3ccccc3)n2)CC1.COc1ccc2cccnc2c1N1CCCN(C(CCNC(C)=O)c2ccn(-c3ccccc3)n2)CC1. The summed E-state index contributed by atoms with van der Waals surface area (Å²) in [6, 6.07) is 70.2. The number of carbonyl (C=O) groups is 3. The maximum absolute atomic E-state index is 12.9. The molecule has 5 unspecified atom stereocenters. The summed E-state index contributed by atoms with van der Waals surface area (Å²) in [5, 5.41) is 39.4. The van der Waals surface area contributed by atoms with E-state index in [2.05, 4.69) is 179 Å². The van der Waals surface area contributed by atoms with Crippen molar-refractivity contribution in [2.45, 2.75) is 161 Å². The van der Waals surface area contributed by atoms with E-state index < -0.39 is 5.60 Å². The number of pyridine rings is 4. The van der Waals surface area contributed by atoms with Crippen molar-refractivity contribution in [2.24, 2.45) is 0 Å². The number of hydrogen-bond donors (Lipinski definition) is 3. The number of Topliss-reactive ketones (excluding diaryl/α,β-unsaturated/α-hetero) is 1. The highest BCUT2D eigenvalue weighted by Gasteiger charge is 2.37. The molecule has 20 rings (SSSR count). The molecule has 0 bridgehead atoms. The summed E-state index contributed by atoms with van der Waals surface area (Å²) >= 11 is 1.67. The van der Waals surface area contributed by atoms with Gasteiger partial charge in [0.1, 0.15) is 34.4 Å². The van der Waals surface area contributed by atoms with Crippen molar-refractivity contribution in [1.29, 1.82) is 0 Å². The molecule has 0 spiro atoms. The molecule has 13 heterocycles. The van der Waals surface area contributed by atoms with Gasteiger partial charge in [0.15, 0.2) is 5.13 Å². The van der Waals surface area contributed by atoms with Crippen LogP contribution in [0.4, 0.5) is 22.2 Å². The van der Waals surface area contributed by atoms with Crippen LogP contribution in [0.5, 0.6) is 17.2 Å². The molecule has 147 heavy (non-hydrogen) atoms. The lowest BCUT2D eigenvalue weighted by atomic mass is 9.89. The maximum Gasteiger partial charge on any atom is 0.221 e. The van der Waals surface area contributed by atoms with Crippen LogP contribution in [0.1, 0.15) is 189 Å². The van der Waals surface area contributed by atoms with E-state index in [0.717, 1.165) is 281 Å². The number of likely N-dealkylation sites (tertiary alicyclic amines) is 1. The molecule has 5 fully saturated rings. The number of ketones is 1.